The molecule has 3 N–H and O–H groups in total. The number of carbonyl (C=O) groups is 1. The molecule has 0 radical (unpaired) electrons. The van der Waals surface area contributed by atoms with Crippen molar-refractivity contribution in [2.75, 3.05) is 13.2 Å². The number of nitrogens with zero attached hydrogens (tertiary/aromatic N) is 1. The van der Waals surface area contributed by atoms with Crippen molar-refractivity contribution >= 4 is 5.91 Å². The van der Waals surface area contributed by atoms with E-state index in [1.54, 1.807) is 0 Å². The molecule has 0 aromatic carbocycles. The second kappa shape index (κ2) is 6.79. The maximum absolute atomic E-state index is 12.5. The molecule has 2 rings (SSSR count). The minimum absolute atomic E-state index is 0.0703. The van der Waals surface area contributed by atoms with Crippen molar-refractivity contribution in [2.24, 2.45) is 5.41 Å². The van der Waals surface area contributed by atoms with Crippen LogP contribution in [0.2, 0.25) is 0 Å². The van der Waals surface area contributed by atoms with Crippen molar-refractivity contribution in [3.05, 3.63) is 17.0 Å². The molecule has 0 saturated carbocycles. The third-order valence-electron chi connectivity index (χ3n) is 4.91. The number of fused-ring (bicyclic) bond motifs is 1. The number of amides is 1. The van der Waals surface area contributed by atoms with Gasteiger partial charge in [0.1, 0.15) is 0 Å². The highest BCUT2D eigenvalue weighted by atomic mass is 16.5. The number of aliphatic hydroxyl groups excluding tert-OH is 1. The van der Waals surface area contributed by atoms with Crippen LogP contribution >= 0.6 is 0 Å². The SMILES string of the molecule is CCC(CC)(CO)CNC(=O)c1n[nH]c2c1C[C@H](C)O[C@@H]2C. The van der Waals surface area contributed by atoms with Crippen LogP contribution in [0.3, 0.4) is 0 Å². The molecule has 1 aromatic rings. The first kappa shape index (κ1) is 17.0. The molecule has 2 atom stereocenters. The molecular formula is C16H27N3O3. The van der Waals surface area contributed by atoms with Crippen LogP contribution in [0.25, 0.3) is 0 Å². The molecule has 22 heavy (non-hydrogen) atoms. The fourth-order valence-corrected chi connectivity index (χ4v) is 2.99. The van der Waals surface area contributed by atoms with Gasteiger partial charge in [0.05, 0.1) is 24.5 Å². The van der Waals surface area contributed by atoms with Gasteiger partial charge >= 0.3 is 0 Å². The maximum atomic E-state index is 12.5. The fraction of sp³-hybridized carbons (Fsp3) is 0.750. The molecular weight excluding hydrogens is 282 g/mol. The first-order valence-electron chi connectivity index (χ1n) is 8.08. The largest absolute Gasteiger partial charge is 0.396 e. The smallest absolute Gasteiger partial charge is 0.272 e. The number of nitrogens with one attached hydrogen (secondary N) is 2. The number of carbonyl (C=O) groups excluding carboxylic acids is 1. The van der Waals surface area contributed by atoms with Gasteiger partial charge in [-0.1, -0.05) is 13.8 Å². The highest BCUT2D eigenvalue weighted by Gasteiger charge is 2.31. The van der Waals surface area contributed by atoms with E-state index >= 15 is 0 Å². The lowest BCUT2D eigenvalue weighted by molar-refractivity contribution is -0.00697. The summed E-state index contributed by atoms with van der Waals surface area (Å²) in [4.78, 5) is 12.5. The van der Waals surface area contributed by atoms with E-state index in [1.165, 1.54) is 0 Å². The Kier molecular flexibility index (Phi) is 5.24. The van der Waals surface area contributed by atoms with Gasteiger partial charge in [-0.25, -0.2) is 0 Å². The van der Waals surface area contributed by atoms with E-state index in [1.807, 2.05) is 27.7 Å². The van der Waals surface area contributed by atoms with Gasteiger partial charge in [-0.15, -0.1) is 0 Å². The van der Waals surface area contributed by atoms with Gasteiger partial charge < -0.3 is 15.2 Å². The van der Waals surface area contributed by atoms with Gasteiger partial charge in [0.25, 0.3) is 5.91 Å². The first-order chi connectivity index (χ1) is 10.5. The monoisotopic (exact) mass is 309 g/mol. The molecule has 124 valence electrons. The van der Waals surface area contributed by atoms with Crippen molar-refractivity contribution in [1.29, 1.82) is 0 Å². The number of aromatic nitrogens is 2. The molecule has 0 bridgehead atoms. The van der Waals surface area contributed by atoms with E-state index in [-0.39, 0.29) is 30.1 Å². The van der Waals surface area contributed by atoms with Crippen LogP contribution in [0.15, 0.2) is 0 Å². The number of aliphatic hydroxyl groups is 1. The molecule has 1 amide bonds. The zero-order valence-corrected chi connectivity index (χ0v) is 13.9. The summed E-state index contributed by atoms with van der Waals surface area (Å²) in [5.74, 6) is -0.182. The normalized spacial score (nSPS) is 21.5. The predicted octanol–water partition coefficient (Wildman–Crippen LogP) is 1.96. The second-order valence-electron chi connectivity index (χ2n) is 6.31. The summed E-state index contributed by atoms with van der Waals surface area (Å²) >= 11 is 0. The van der Waals surface area contributed by atoms with Crippen LogP contribution in [0, 0.1) is 5.41 Å². The molecule has 0 spiro atoms. The quantitative estimate of drug-likeness (QED) is 0.749. The Morgan fingerprint density at radius 1 is 1.45 bits per heavy atom. The Hall–Kier alpha value is -1.40. The van der Waals surface area contributed by atoms with Crippen molar-refractivity contribution in [2.45, 2.75) is 59.2 Å². The summed E-state index contributed by atoms with van der Waals surface area (Å²) in [6, 6.07) is 0. The number of H-pyrrole nitrogens is 1. The van der Waals surface area contributed by atoms with Gasteiger partial charge in [0, 0.05) is 23.9 Å². The van der Waals surface area contributed by atoms with E-state index in [4.69, 9.17) is 4.74 Å². The standard InChI is InChI=1S/C16H27N3O3/c1-5-16(6-2,9-20)8-17-15(21)14-12-7-10(3)22-11(4)13(12)18-19-14/h10-11,20H,5-9H2,1-4H3,(H,17,21)(H,18,19)/t10-,11+/m0/s1. The van der Waals surface area contributed by atoms with Gasteiger partial charge in [-0.3, -0.25) is 9.89 Å². The van der Waals surface area contributed by atoms with Crippen molar-refractivity contribution in [3.8, 4) is 0 Å². The Balaban J connectivity index is 2.11. The molecule has 0 saturated heterocycles. The maximum Gasteiger partial charge on any atom is 0.272 e. The summed E-state index contributed by atoms with van der Waals surface area (Å²) in [6.07, 6.45) is 2.33. The van der Waals surface area contributed by atoms with Crippen molar-refractivity contribution in [1.82, 2.24) is 15.5 Å². The van der Waals surface area contributed by atoms with Gasteiger partial charge in [0.15, 0.2) is 5.69 Å². The summed E-state index contributed by atoms with van der Waals surface area (Å²) in [5, 5.41) is 19.6. The van der Waals surface area contributed by atoms with Crippen LogP contribution < -0.4 is 5.32 Å². The molecule has 0 fully saturated rings. The molecule has 2 heterocycles. The summed E-state index contributed by atoms with van der Waals surface area (Å²) in [6.45, 7) is 8.55. The minimum atomic E-state index is -0.254. The van der Waals surface area contributed by atoms with Crippen LogP contribution in [-0.2, 0) is 11.2 Å². The first-order valence-corrected chi connectivity index (χ1v) is 8.08. The Bertz CT molecular complexity index is 514. The fourth-order valence-electron chi connectivity index (χ4n) is 2.99. The molecule has 1 aromatic heterocycles. The van der Waals surface area contributed by atoms with Gasteiger partial charge in [0.2, 0.25) is 0 Å². The molecule has 1 aliphatic heterocycles. The van der Waals surface area contributed by atoms with Gasteiger partial charge in [-0.05, 0) is 26.7 Å². The van der Waals surface area contributed by atoms with E-state index in [2.05, 4.69) is 15.5 Å². The average molecular weight is 309 g/mol. The third-order valence-corrected chi connectivity index (χ3v) is 4.91. The van der Waals surface area contributed by atoms with E-state index in [9.17, 15) is 9.90 Å². The van der Waals surface area contributed by atoms with Crippen LogP contribution in [0.5, 0.6) is 0 Å². The molecule has 6 heteroatoms. The van der Waals surface area contributed by atoms with Crippen LogP contribution in [0.4, 0.5) is 0 Å². The van der Waals surface area contributed by atoms with E-state index in [0.717, 1.165) is 24.1 Å². The Labute approximate surface area is 131 Å². The van der Waals surface area contributed by atoms with E-state index in [0.29, 0.717) is 18.7 Å². The van der Waals surface area contributed by atoms with Crippen LogP contribution in [-0.4, -0.2) is 40.5 Å². The van der Waals surface area contributed by atoms with Crippen molar-refractivity contribution in [3.63, 3.8) is 0 Å². The predicted molar refractivity (Wildman–Crippen MR) is 83.7 cm³/mol. The summed E-state index contributed by atoms with van der Waals surface area (Å²) in [7, 11) is 0. The third kappa shape index (κ3) is 3.17. The minimum Gasteiger partial charge on any atom is -0.396 e. The van der Waals surface area contributed by atoms with Crippen molar-refractivity contribution < 1.29 is 14.6 Å². The summed E-state index contributed by atoms with van der Waals surface area (Å²) in [5.41, 5.74) is 2.04. The Morgan fingerprint density at radius 3 is 2.73 bits per heavy atom. The zero-order valence-electron chi connectivity index (χ0n) is 13.9. The highest BCUT2D eigenvalue weighted by molar-refractivity contribution is 5.94. The van der Waals surface area contributed by atoms with Gasteiger partial charge in [-0.2, -0.15) is 5.10 Å². The molecule has 0 aliphatic carbocycles. The number of hydrogen-bond donors (Lipinski definition) is 3. The van der Waals surface area contributed by atoms with E-state index < -0.39 is 0 Å². The average Bonchev–Trinajstić information content (AvgIpc) is 2.93. The highest BCUT2D eigenvalue weighted by Crippen LogP contribution is 2.30. The number of hydrogen-bond acceptors (Lipinski definition) is 4. The molecule has 6 nitrogen and oxygen atoms in total. The lowest BCUT2D eigenvalue weighted by Gasteiger charge is -2.29. The summed E-state index contributed by atoms with van der Waals surface area (Å²) < 4.78 is 5.74. The zero-order chi connectivity index (χ0) is 16.3. The molecule has 0 unspecified atom stereocenters. The lowest BCUT2D eigenvalue weighted by atomic mass is 9.83. The Morgan fingerprint density at radius 2 is 2.14 bits per heavy atom. The second-order valence-corrected chi connectivity index (χ2v) is 6.31. The topological polar surface area (TPSA) is 87.2 Å². The van der Waals surface area contributed by atoms with Crippen LogP contribution in [0.1, 0.15) is 68.4 Å². The lowest BCUT2D eigenvalue weighted by Crippen LogP contribution is -2.40. The molecule has 1 aliphatic rings. The number of rotatable bonds is 6. The number of aromatic amines is 1. The number of ether oxygens (including phenoxy) is 1.